The molecule has 122 valence electrons. The maximum absolute atomic E-state index is 12.4. The number of carbonyl (C=O) groups is 2. The minimum atomic E-state index is -0.333. The van der Waals surface area contributed by atoms with Gasteiger partial charge in [0.1, 0.15) is 0 Å². The average Bonchev–Trinajstić information content (AvgIpc) is 3.13. The number of aromatic nitrogens is 2. The number of anilines is 1. The van der Waals surface area contributed by atoms with Crippen LogP contribution in [0.4, 0.5) is 5.69 Å². The van der Waals surface area contributed by atoms with Gasteiger partial charge in [-0.25, -0.2) is 0 Å². The van der Waals surface area contributed by atoms with Gasteiger partial charge in [-0.2, -0.15) is 5.10 Å². The molecule has 0 atom stereocenters. The van der Waals surface area contributed by atoms with Crippen molar-refractivity contribution in [2.24, 2.45) is 7.05 Å². The summed E-state index contributed by atoms with van der Waals surface area (Å²) in [6.45, 7) is 1.48. The Morgan fingerprint density at radius 3 is 2.67 bits per heavy atom. The van der Waals surface area contributed by atoms with E-state index in [0.717, 1.165) is 10.6 Å². The molecule has 0 saturated heterocycles. The van der Waals surface area contributed by atoms with E-state index < -0.39 is 0 Å². The van der Waals surface area contributed by atoms with Gasteiger partial charge < -0.3 is 5.32 Å². The van der Waals surface area contributed by atoms with Crippen LogP contribution in [0.15, 0.2) is 42.5 Å². The number of benzene rings is 1. The van der Waals surface area contributed by atoms with Crippen molar-refractivity contribution in [1.82, 2.24) is 9.78 Å². The van der Waals surface area contributed by atoms with Gasteiger partial charge in [-0.1, -0.05) is 23.7 Å². The highest BCUT2D eigenvalue weighted by Gasteiger charge is 2.15. The molecule has 0 aliphatic heterocycles. The van der Waals surface area contributed by atoms with E-state index >= 15 is 0 Å². The first-order valence-corrected chi connectivity index (χ1v) is 8.35. The van der Waals surface area contributed by atoms with E-state index in [4.69, 9.17) is 11.6 Å². The van der Waals surface area contributed by atoms with Crippen LogP contribution in [-0.4, -0.2) is 21.5 Å². The van der Waals surface area contributed by atoms with Crippen LogP contribution in [0.25, 0.3) is 10.6 Å². The summed E-state index contributed by atoms with van der Waals surface area (Å²) >= 11 is 7.39. The fourth-order valence-corrected chi connectivity index (χ4v) is 3.36. The number of hydrogen-bond donors (Lipinski definition) is 1. The monoisotopic (exact) mass is 359 g/mol. The van der Waals surface area contributed by atoms with Crippen LogP contribution in [0.2, 0.25) is 4.34 Å². The first kappa shape index (κ1) is 16.4. The van der Waals surface area contributed by atoms with Gasteiger partial charge in [-0.15, -0.1) is 11.3 Å². The minimum absolute atomic E-state index is 0.0548. The molecule has 0 saturated carbocycles. The molecule has 0 aliphatic rings. The second-order valence-corrected chi connectivity index (χ2v) is 6.95. The first-order valence-electron chi connectivity index (χ1n) is 7.16. The highest BCUT2D eigenvalue weighted by molar-refractivity contribution is 7.19. The highest BCUT2D eigenvalue weighted by Crippen LogP contribution is 2.31. The molecule has 2 heterocycles. The third kappa shape index (κ3) is 3.39. The summed E-state index contributed by atoms with van der Waals surface area (Å²) < 4.78 is 2.32. The maximum atomic E-state index is 12.4. The zero-order valence-electron chi connectivity index (χ0n) is 13.0. The summed E-state index contributed by atoms with van der Waals surface area (Å²) in [4.78, 5) is 24.8. The molecule has 1 N–H and O–H groups in total. The molecule has 5 nitrogen and oxygen atoms in total. The molecule has 0 aliphatic carbocycles. The molecule has 2 aromatic heterocycles. The fourth-order valence-electron chi connectivity index (χ4n) is 2.27. The van der Waals surface area contributed by atoms with Crippen molar-refractivity contribution in [3.05, 3.63) is 58.1 Å². The third-order valence-electron chi connectivity index (χ3n) is 3.47. The summed E-state index contributed by atoms with van der Waals surface area (Å²) in [5, 5.41) is 7.01. The van der Waals surface area contributed by atoms with Gasteiger partial charge in [-0.3, -0.25) is 14.3 Å². The largest absolute Gasteiger partial charge is 0.321 e. The van der Waals surface area contributed by atoms with Gasteiger partial charge >= 0.3 is 0 Å². The Balaban J connectivity index is 1.83. The Hall–Kier alpha value is -2.44. The van der Waals surface area contributed by atoms with E-state index in [9.17, 15) is 9.59 Å². The van der Waals surface area contributed by atoms with Crippen molar-refractivity contribution in [3.8, 4) is 10.6 Å². The Kier molecular flexibility index (Phi) is 4.51. The number of amides is 1. The fraction of sp³-hybridized carbons (Fsp3) is 0.118. The van der Waals surface area contributed by atoms with E-state index in [1.165, 1.54) is 18.3 Å². The van der Waals surface area contributed by atoms with Crippen molar-refractivity contribution in [3.63, 3.8) is 0 Å². The number of carbonyl (C=O) groups excluding carboxylic acids is 2. The van der Waals surface area contributed by atoms with Gasteiger partial charge in [0.15, 0.2) is 11.5 Å². The minimum Gasteiger partial charge on any atom is -0.321 e. The zero-order valence-corrected chi connectivity index (χ0v) is 14.6. The van der Waals surface area contributed by atoms with Gasteiger partial charge in [-0.05, 0) is 37.3 Å². The van der Waals surface area contributed by atoms with Crippen molar-refractivity contribution < 1.29 is 9.59 Å². The number of thiophene rings is 1. The molecule has 3 aromatic rings. The molecule has 0 radical (unpaired) electrons. The molecule has 1 amide bonds. The van der Waals surface area contributed by atoms with E-state index in [0.29, 0.717) is 21.3 Å². The number of halogens is 1. The number of rotatable bonds is 4. The van der Waals surface area contributed by atoms with E-state index in [1.807, 2.05) is 12.1 Å². The molecule has 3 rings (SSSR count). The van der Waals surface area contributed by atoms with Crippen LogP contribution in [0.3, 0.4) is 0 Å². The quantitative estimate of drug-likeness (QED) is 0.708. The molecule has 0 spiro atoms. The molecular formula is C17H14ClN3O2S. The van der Waals surface area contributed by atoms with Crippen LogP contribution < -0.4 is 5.32 Å². The Morgan fingerprint density at radius 1 is 1.21 bits per heavy atom. The molecule has 0 fully saturated rings. The van der Waals surface area contributed by atoms with Crippen LogP contribution in [0.5, 0.6) is 0 Å². The summed E-state index contributed by atoms with van der Waals surface area (Å²) in [5.74, 6) is -0.388. The van der Waals surface area contributed by atoms with Crippen molar-refractivity contribution in [2.45, 2.75) is 6.92 Å². The summed E-state index contributed by atoms with van der Waals surface area (Å²) in [6, 6.07) is 12.2. The number of nitrogens with zero attached hydrogens (tertiary/aromatic N) is 2. The normalized spacial score (nSPS) is 10.6. The molecule has 24 heavy (non-hydrogen) atoms. The van der Waals surface area contributed by atoms with Crippen LogP contribution in [0.1, 0.15) is 27.8 Å². The molecule has 0 bridgehead atoms. The topological polar surface area (TPSA) is 64.0 Å². The van der Waals surface area contributed by atoms with Crippen molar-refractivity contribution >= 4 is 40.3 Å². The zero-order chi connectivity index (χ0) is 17.3. The van der Waals surface area contributed by atoms with Crippen molar-refractivity contribution in [1.29, 1.82) is 0 Å². The number of Topliss-reactive ketones (excluding diaryl/α,β-unsaturated/α-hetero) is 1. The van der Waals surface area contributed by atoms with E-state index in [1.54, 1.807) is 42.1 Å². The summed E-state index contributed by atoms with van der Waals surface area (Å²) in [5.41, 5.74) is 2.21. The van der Waals surface area contributed by atoms with Crippen LogP contribution >= 0.6 is 22.9 Å². The van der Waals surface area contributed by atoms with E-state index in [-0.39, 0.29) is 11.7 Å². The lowest BCUT2D eigenvalue weighted by molar-refractivity contribution is 0.100. The van der Waals surface area contributed by atoms with E-state index in [2.05, 4.69) is 10.4 Å². The lowest BCUT2D eigenvalue weighted by atomic mass is 10.1. The highest BCUT2D eigenvalue weighted by atomic mass is 35.5. The SMILES string of the molecule is CC(=O)c1cccc(NC(=O)c2cc(-c3ccc(Cl)s3)n(C)n2)c1. The number of ketones is 1. The van der Waals surface area contributed by atoms with Crippen molar-refractivity contribution in [2.75, 3.05) is 5.32 Å². The number of aryl methyl sites for hydroxylation is 1. The van der Waals surface area contributed by atoms with Gasteiger partial charge in [0, 0.05) is 18.3 Å². The maximum Gasteiger partial charge on any atom is 0.276 e. The predicted molar refractivity (Wildman–Crippen MR) is 95.9 cm³/mol. The standard InChI is InChI=1S/C17H14ClN3O2S/c1-10(22)11-4-3-5-12(8-11)19-17(23)13-9-14(21(2)20-13)15-6-7-16(18)24-15/h3-9H,1-2H3,(H,19,23). The number of nitrogens with one attached hydrogen (secondary N) is 1. The molecule has 0 unspecified atom stereocenters. The Bertz CT molecular complexity index is 930. The lowest BCUT2D eigenvalue weighted by Gasteiger charge is -2.04. The van der Waals surface area contributed by atoms with Crippen LogP contribution in [0, 0.1) is 0 Å². The average molecular weight is 360 g/mol. The van der Waals surface area contributed by atoms with Gasteiger partial charge in [0.2, 0.25) is 0 Å². The second-order valence-electron chi connectivity index (χ2n) is 5.23. The van der Waals surface area contributed by atoms with Crippen LogP contribution in [-0.2, 0) is 7.05 Å². The third-order valence-corrected chi connectivity index (χ3v) is 4.72. The lowest BCUT2D eigenvalue weighted by Crippen LogP contribution is -2.13. The first-order chi connectivity index (χ1) is 11.4. The predicted octanol–water partition coefficient (Wildman–Crippen LogP) is 4.26. The molecule has 1 aromatic carbocycles. The Labute approximate surface area is 147 Å². The summed E-state index contributed by atoms with van der Waals surface area (Å²) in [6.07, 6.45) is 0. The van der Waals surface area contributed by atoms with Gasteiger partial charge in [0.25, 0.3) is 5.91 Å². The molecule has 7 heteroatoms. The second kappa shape index (κ2) is 6.59. The molecular weight excluding hydrogens is 346 g/mol. The van der Waals surface area contributed by atoms with Gasteiger partial charge in [0.05, 0.1) is 14.9 Å². The Morgan fingerprint density at radius 2 is 2.00 bits per heavy atom. The smallest absolute Gasteiger partial charge is 0.276 e. The number of hydrogen-bond acceptors (Lipinski definition) is 4. The summed E-state index contributed by atoms with van der Waals surface area (Å²) in [7, 11) is 1.77.